The van der Waals surface area contributed by atoms with Crippen molar-refractivity contribution in [2.75, 3.05) is 13.7 Å². The van der Waals surface area contributed by atoms with E-state index in [2.05, 4.69) is 30.3 Å². The molecule has 0 saturated heterocycles. The molecule has 0 unspecified atom stereocenters. The number of benzene rings is 1. The number of rotatable bonds is 2. The van der Waals surface area contributed by atoms with Crippen LogP contribution in [0.3, 0.4) is 0 Å². The summed E-state index contributed by atoms with van der Waals surface area (Å²) in [6.45, 7) is 0.733. The van der Waals surface area contributed by atoms with E-state index >= 15 is 0 Å². The maximum absolute atomic E-state index is 5.11. The fourth-order valence-electron chi connectivity index (χ4n) is 1.65. The molecule has 12 heavy (non-hydrogen) atoms. The van der Waals surface area contributed by atoms with E-state index in [9.17, 15) is 0 Å². The molecule has 62 valence electrons. The predicted octanol–water partition coefficient (Wildman–Crippen LogP) is 2.27. The van der Waals surface area contributed by atoms with Gasteiger partial charge in [0, 0.05) is 7.11 Å². The smallest absolute Gasteiger partial charge is 0.0716 e. The molecule has 0 spiro atoms. The van der Waals surface area contributed by atoms with Gasteiger partial charge in [-0.2, -0.15) is 0 Å². The van der Waals surface area contributed by atoms with Crippen LogP contribution in [0, 0.1) is 0 Å². The SMILES string of the molecule is COCC1=CCc2ccccc21. The average Bonchev–Trinajstić information content (AvgIpc) is 2.50. The minimum Gasteiger partial charge on any atom is -0.380 e. The molecule has 2 rings (SSSR count). The van der Waals surface area contributed by atoms with Crippen LogP contribution in [0.25, 0.3) is 5.57 Å². The van der Waals surface area contributed by atoms with Crippen molar-refractivity contribution in [1.82, 2.24) is 0 Å². The van der Waals surface area contributed by atoms with Crippen molar-refractivity contribution in [3.05, 3.63) is 41.5 Å². The van der Waals surface area contributed by atoms with Crippen molar-refractivity contribution >= 4 is 5.57 Å². The fraction of sp³-hybridized carbons (Fsp3) is 0.273. The molecule has 0 heterocycles. The summed E-state index contributed by atoms with van der Waals surface area (Å²) in [4.78, 5) is 0. The molecular weight excluding hydrogens is 148 g/mol. The summed E-state index contributed by atoms with van der Waals surface area (Å²) in [5.74, 6) is 0. The maximum Gasteiger partial charge on any atom is 0.0716 e. The number of hydrogen-bond acceptors (Lipinski definition) is 1. The molecule has 1 aliphatic carbocycles. The second kappa shape index (κ2) is 3.11. The molecule has 0 atom stereocenters. The van der Waals surface area contributed by atoms with Gasteiger partial charge in [-0.15, -0.1) is 0 Å². The first-order valence-corrected chi connectivity index (χ1v) is 4.18. The first kappa shape index (κ1) is 7.56. The van der Waals surface area contributed by atoms with Gasteiger partial charge in [0.15, 0.2) is 0 Å². The number of fused-ring (bicyclic) bond motifs is 1. The number of hydrogen-bond donors (Lipinski definition) is 0. The molecule has 1 heteroatoms. The number of methoxy groups -OCH3 is 1. The van der Waals surface area contributed by atoms with E-state index in [0.29, 0.717) is 0 Å². The van der Waals surface area contributed by atoms with Crippen LogP contribution in [0.5, 0.6) is 0 Å². The quantitative estimate of drug-likeness (QED) is 0.645. The largest absolute Gasteiger partial charge is 0.380 e. The normalized spacial score (nSPS) is 14.2. The van der Waals surface area contributed by atoms with Crippen LogP contribution in [-0.2, 0) is 11.2 Å². The van der Waals surface area contributed by atoms with Crippen molar-refractivity contribution in [2.45, 2.75) is 6.42 Å². The molecule has 0 bridgehead atoms. The molecule has 1 nitrogen and oxygen atoms in total. The van der Waals surface area contributed by atoms with E-state index in [1.165, 1.54) is 16.7 Å². The lowest BCUT2D eigenvalue weighted by Gasteiger charge is -2.03. The molecule has 1 aliphatic rings. The molecule has 0 N–H and O–H groups in total. The summed E-state index contributed by atoms with van der Waals surface area (Å²) in [6, 6.07) is 8.50. The molecule has 1 aromatic carbocycles. The standard InChI is InChI=1S/C11H12O/c1-12-8-10-7-6-9-4-2-3-5-11(9)10/h2-5,7H,6,8H2,1H3. The highest BCUT2D eigenvalue weighted by molar-refractivity contribution is 5.73. The minimum atomic E-state index is 0.733. The van der Waals surface area contributed by atoms with E-state index in [0.717, 1.165) is 13.0 Å². The molecular formula is C11H12O. The van der Waals surface area contributed by atoms with Gasteiger partial charge in [-0.1, -0.05) is 30.3 Å². The zero-order valence-corrected chi connectivity index (χ0v) is 7.21. The zero-order chi connectivity index (χ0) is 8.39. The Morgan fingerprint density at radius 3 is 3.00 bits per heavy atom. The predicted molar refractivity (Wildman–Crippen MR) is 50.0 cm³/mol. The third-order valence-electron chi connectivity index (χ3n) is 2.23. The van der Waals surface area contributed by atoms with Crippen LogP contribution in [0.1, 0.15) is 11.1 Å². The van der Waals surface area contributed by atoms with E-state index in [1.54, 1.807) is 7.11 Å². The van der Waals surface area contributed by atoms with Gasteiger partial charge in [-0.05, 0) is 23.1 Å². The second-order valence-corrected chi connectivity index (χ2v) is 3.02. The van der Waals surface area contributed by atoms with E-state index in [4.69, 9.17) is 4.74 Å². The van der Waals surface area contributed by atoms with Gasteiger partial charge in [0.05, 0.1) is 6.61 Å². The molecule has 0 aromatic heterocycles. The molecule has 0 fully saturated rings. The highest BCUT2D eigenvalue weighted by atomic mass is 16.5. The summed E-state index contributed by atoms with van der Waals surface area (Å²) < 4.78 is 5.11. The molecule has 0 amide bonds. The first-order valence-electron chi connectivity index (χ1n) is 4.18. The first-order chi connectivity index (χ1) is 5.92. The Kier molecular flexibility index (Phi) is 1.96. The summed E-state index contributed by atoms with van der Waals surface area (Å²) in [6.07, 6.45) is 3.31. The Hall–Kier alpha value is -1.08. The third-order valence-corrected chi connectivity index (χ3v) is 2.23. The lowest BCUT2D eigenvalue weighted by Crippen LogP contribution is -1.91. The third kappa shape index (κ3) is 1.16. The van der Waals surface area contributed by atoms with Crippen LogP contribution in [-0.4, -0.2) is 13.7 Å². The Balaban J connectivity index is 2.32. The van der Waals surface area contributed by atoms with Crippen molar-refractivity contribution < 1.29 is 4.74 Å². The van der Waals surface area contributed by atoms with Crippen molar-refractivity contribution in [2.24, 2.45) is 0 Å². The highest BCUT2D eigenvalue weighted by Crippen LogP contribution is 2.26. The lowest BCUT2D eigenvalue weighted by molar-refractivity contribution is 0.240. The van der Waals surface area contributed by atoms with Gasteiger partial charge in [0.2, 0.25) is 0 Å². The Labute approximate surface area is 72.7 Å². The van der Waals surface area contributed by atoms with Gasteiger partial charge in [0.1, 0.15) is 0 Å². The molecule has 0 aliphatic heterocycles. The Morgan fingerprint density at radius 1 is 1.33 bits per heavy atom. The fourth-order valence-corrected chi connectivity index (χ4v) is 1.65. The van der Waals surface area contributed by atoms with Crippen LogP contribution in [0.2, 0.25) is 0 Å². The molecule has 0 radical (unpaired) electrons. The Bertz CT molecular complexity index is 313. The summed E-state index contributed by atoms with van der Waals surface area (Å²) >= 11 is 0. The molecule has 0 saturated carbocycles. The van der Waals surface area contributed by atoms with Gasteiger partial charge >= 0.3 is 0 Å². The zero-order valence-electron chi connectivity index (χ0n) is 7.21. The average molecular weight is 160 g/mol. The number of ether oxygens (including phenoxy) is 1. The van der Waals surface area contributed by atoms with Gasteiger partial charge in [-0.25, -0.2) is 0 Å². The lowest BCUT2D eigenvalue weighted by atomic mass is 10.1. The summed E-state index contributed by atoms with van der Waals surface area (Å²) in [5.41, 5.74) is 4.11. The topological polar surface area (TPSA) is 9.23 Å². The van der Waals surface area contributed by atoms with Crippen molar-refractivity contribution in [3.63, 3.8) is 0 Å². The van der Waals surface area contributed by atoms with E-state index in [1.807, 2.05) is 0 Å². The van der Waals surface area contributed by atoms with Crippen molar-refractivity contribution in [1.29, 1.82) is 0 Å². The van der Waals surface area contributed by atoms with Crippen molar-refractivity contribution in [3.8, 4) is 0 Å². The van der Waals surface area contributed by atoms with Crippen LogP contribution >= 0.6 is 0 Å². The summed E-state index contributed by atoms with van der Waals surface area (Å²) in [7, 11) is 1.74. The number of allylic oxidation sites excluding steroid dienone is 1. The Morgan fingerprint density at radius 2 is 2.17 bits per heavy atom. The van der Waals surface area contributed by atoms with Crippen LogP contribution in [0.15, 0.2) is 30.3 Å². The van der Waals surface area contributed by atoms with Gasteiger partial charge in [-0.3, -0.25) is 0 Å². The monoisotopic (exact) mass is 160 g/mol. The maximum atomic E-state index is 5.11. The second-order valence-electron chi connectivity index (χ2n) is 3.02. The van der Waals surface area contributed by atoms with Crippen LogP contribution in [0.4, 0.5) is 0 Å². The summed E-state index contributed by atoms with van der Waals surface area (Å²) in [5, 5.41) is 0. The minimum absolute atomic E-state index is 0.733. The van der Waals surface area contributed by atoms with Gasteiger partial charge < -0.3 is 4.74 Å². The van der Waals surface area contributed by atoms with Crippen LogP contribution < -0.4 is 0 Å². The van der Waals surface area contributed by atoms with E-state index in [-0.39, 0.29) is 0 Å². The highest BCUT2D eigenvalue weighted by Gasteiger charge is 2.11. The van der Waals surface area contributed by atoms with Gasteiger partial charge in [0.25, 0.3) is 0 Å². The molecule has 1 aromatic rings. The van der Waals surface area contributed by atoms with E-state index < -0.39 is 0 Å².